The van der Waals surface area contributed by atoms with E-state index in [0.717, 1.165) is 50.1 Å². The lowest BCUT2D eigenvalue weighted by molar-refractivity contribution is 0.445. The van der Waals surface area contributed by atoms with E-state index >= 15 is 0 Å². The summed E-state index contributed by atoms with van der Waals surface area (Å²) in [5.74, 6) is 0.572. The largest absolute Gasteiger partial charge is 0.455 e. The predicted octanol–water partition coefficient (Wildman–Crippen LogP) is 17.9. The molecule has 0 spiro atoms. The van der Waals surface area contributed by atoms with E-state index < -0.39 is 0 Å². The van der Waals surface area contributed by atoms with Gasteiger partial charge in [-0.1, -0.05) is 200 Å². The Kier molecular flexibility index (Phi) is 10.1. The molecule has 9 aromatic rings. The van der Waals surface area contributed by atoms with Gasteiger partial charge in [0.2, 0.25) is 0 Å². The third-order valence-corrected chi connectivity index (χ3v) is 13.4. The fraction of sp³-hybridized carbons (Fsp3) is 0.233. The summed E-state index contributed by atoms with van der Waals surface area (Å²) in [5, 5.41) is 4.97. The van der Waals surface area contributed by atoms with Crippen molar-refractivity contribution in [3.8, 4) is 33.4 Å². The van der Waals surface area contributed by atoms with Crippen LogP contribution in [0.15, 0.2) is 174 Å². The predicted molar refractivity (Wildman–Crippen MR) is 265 cm³/mol. The highest BCUT2D eigenvalue weighted by molar-refractivity contribution is 6.10. The Morgan fingerprint density at radius 2 is 1.05 bits per heavy atom. The summed E-state index contributed by atoms with van der Waals surface area (Å²) in [6, 6.07) is 63.3. The molecule has 0 unspecified atom stereocenters. The molecule has 0 bridgehead atoms. The molecule has 0 aliphatic heterocycles. The molecule has 1 heterocycles. The molecular formula is C60H57NO. The molecule has 8 aromatic carbocycles. The van der Waals surface area contributed by atoms with E-state index in [4.69, 9.17) is 4.42 Å². The number of hydrogen-bond donors (Lipinski definition) is 0. The van der Waals surface area contributed by atoms with Crippen molar-refractivity contribution in [3.05, 3.63) is 187 Å². The van der Waals surface area contributed by atoms with Crippen molar-refractivity contribution in [2.75, 3.05) is 4.90 Å². The fourth-order valence-electron chi connectivity index (χ4n) is 10.0. The highest BCUT2D eigenvalue weighted by Crippen LogP contribution is 2.49. The van der Waals surface area contributed by atoms with Gasteiger partial charge in [0, 0.05) is 33.2 Å². The summed E-state index contributed by atoms with van der Waals surface area (Å²) in [6.07, 6.45) is 6.45. The van der Waals surface area contributed by atoms with E-state index in [2.05, 4.69) is 210 Å². The first-order chi connectivity index (χ1) is 30.0. The number of rotatable bonds is 7. The lowest BCUT2D eigenvalue weighted by Crippen LogP contribution is -2.17. The van der Waals surface area contributed by atoms with Crippen LogP contribution in [0, 0.1) is 0 Å². The van der Waals surface area contributed by atoms with Crippen LogP contribution < -0.4 is 4.90 Å². The van der Waals surface area contributed by atoms with E-state index in [9.17, 15) is 0 Å². The van der Waals surface area contributed by atoms with Crippen LogP contribution in [0.2, 0.25) is 0 Å². The van der Waals surface area contributed by atoms with Gasteiger partial charge in [0.15, 0.2) is 0 Å². The SMILES string of the molecule is CC(C)(C)c1cc(-c2ccccc2N(c2cccc(-c3cccc4c3oc3ccccc34)c2)c2ccccc2-c2cccc3cccc(C4CCCCC4)c23)cc(C(C)(C)C)c1. The van der Waals surface area contributed by atoms with Crippen molar-refractivity contribution in [1.29, 1.82) is 0 Å². The van der Waals surface area contributed by atoms with Gasteiger partial charge >= 0.3 is 0 Å². The first-order valence-electron chi connectivity index (χ1n) is 22.7. The smallest absolute Gasteiger partial charge is 0.143 e. The van der Waals surface area contributed by atoms with Gasteiger partial charge in [-0.25, -0.2) is 0 Å². The maximum atomic E-state index is 6.63. The zero-order chi connectivity index (χ0) is 42.6. The number of para-hydroxylation sites is 4. The van der Waals surface area contributed by atoms with E-state index in [1.54, 1.807) is 0 Å². The van der Waals surface area contributed by atoms with Crippen LogP contribution >= 0.6 is 0 Å². The fourth-order valence-corrected chi connectivity index (χ4v) is 10.0. The number of fused-ring (bicyclic) bond motifs is 4. The van der Waals surface area contributed by atoms with Crippen molar-refractivity contribution in [3.63, 3.8) is 0 Å². The molecule has 1 aliphatic carbocycles. The van der Waals surface area contributed by atoms with Gasteiger partial charge in [0.25, 0.3) is 0 Å². The number of nitrogens with zero attached hydrogens (tertiary/aromatic N) is 1. The van der Waals surface area contributed by atoms with Gasteiger partial charge in [-0.2, -0.15) is 0 Å². The Hall–Kier alpha value is -6.38. The third-order valence-electron chi connectivity index (χ3n) is 13.4. The minimum Gasteiger partial charge on any atom is -0.455 e. The van der Waals surface area contributed by atoms with Crippen LogP contribution in [0.4, 0.5) is 17.1 Å². The Labute approximate surface area is 367 Å². The molecule has 1 aliphatic rings. The average molecular weight is 808 g/mol. The molecule has 1 saturated carbocycles. The van der Waals surface area contributed by atoms with Gasteiger partial charge in [-0.15, -0.1) is 0 Å². The lowest BCUT2D eigenvalue weighted by Gasteiger charge is -2.32. The van der Waals surface area contributed by atoms with E-state index in [1.165, 1.54) is 81.8 Å². The van der Waals surface area contributed by atoms with Crippen molar-refractivity contribution in [1.82, 2.24) is 0 Å². The maximum Gasteiger partial charge on any atom is 0.143 e. The first kappa shape index (κ1) is 39.7. The minimum absolute atomic E-state index is 0.0202. The monoisotopic (exact) mass is 807 g/mol. The highest BCUT2D eigenvalue weighted by atomic mass is 16.3. The maximum absolute atomic E-state index is 6.63. The van der Waals surface area contributed by atoms with Crippen molar-refractivity contribution >= 4 is 49.8 Å². The second-order valence-electron chi connectivity index (χ2n) is 19.6. The summed E-state index contributed by atoms with van der Waals surface area (Å²) in [7, 11) is 0. The van der Waals surface area contributed by atoms with Crippen LogP contribution in [0.3, 0.4) is 0 Å². The summed E-state index contributed by atoms with van der Waals surface area (Å²) >= 11 is 0. The van der Waals surface area contributed by atoms with Crippen molar-refractivity contribution < 1.29 is 4.42 Å². The van der Waals surface area contributed by atoms with E-state index in [1.807, 2.05) is 6.07 Å². The zero-order valence-electron chi connectivity index (χ0n) is 37.1. The molecule has 0 atom stereocenters. The Balaban J connectivity index is 1.24. The van der Waals surface area contributed by atoms with Crippen molar-refractivity contribution in [2.45, 2.75) is 90.4 Å². The number of hydrogen-bond acceptors (Lipinski definition) is 2. The van der Waals surface area contributed by atoms with Crippen LogP contribution in [-0.4, -0.2) is 0 Å². The van der Waals surface area contributed by atoms with Crippen LogP contribution in [0.1, 0.15) is 96.3 Å². The first-order valence-corrected chi connectivity index (χ1v) is 22.7. The van der Waals surface area contributed by atoms with Gasteiger partial charge in [-0.05, 0) is 104 Å². The summed E-state index contributed by atoms with van der Waals surface area (Å²) in [6.45, 7) is 14.0. The molecule has 0 saturated heterocycles. The molecular weight excluding hydrogens is 751 g/mol. The molecule has 2 heteroatoms. The lowest BCUT2D eigenvalue weighted by atomic mass is 9.78. The molecule has 1 fully saturated rings. The molecule has 0 amide bonds. The average Bonchev–Trinajstić information content (AvgIpc) is 3.68. The van der Waals surface area contributed by atoms with Crippen LogP contribution in [0.25, 0.3) is 66.1 Å². The third kappa shape index (κ3) is 7.30. The highest BCUT2D eigenvalue weighted by Gasteiger charge is 2.27. The molecule has 0 radical (unpaired) electrons. The number of benzene rings is 8. The molecule has 1 aromatic heterocycles. The Bertz CT molecular complexity index is 3050. The summed E-state index contributed by atoms with van der Waals surface area (Å²) in [4.78, 5) is 2.52. The Morgan fingerprint density at radius 3 is 1.79 bits per heavy atom. The normalized spacial score (nSPS) is 13.9. The Morgan fingerprint density at radius 1 is 0.468 bits per heavy atom. The number of anilines is 3. The molecule has 62 heavy (non-hydrogen) atoms. The van der Waals surface area contributed by atoms with Gasteiger partial charge in [0.1, 0.15) is 11.2 Å². The molecule has 308 valence electrons. The second kappa shape index (κ2) is 15.8. The molecule has 0 N–H and O–H groups in total. The summed E-state index contributed by atoms with van der Waals surface area (Å²) in [5.41, 5.74) is 16.5. The van der Waals surface area contributed by atoms with Gasteiger partial charge < -0.3 is 9.32 Å². The minimum atomic E-state index is -0.0202. The van der Waals surface area contributed by atoms with Crippen LogP contribution in [0.5, 0.6) is 0 Å². The van der Waals surface area contributed by atoms with E-state index in [-0.39, 0.29) is 10.8 Å². The van der Waals surface area contributed by atoms with Crippen LogP contribution in [-0.2, 0) is 10.8 Å². The summed E-state index contributed by atoms with van der Waals surface area (Å²) < 4.78 is 6.63. The van der Waals surface area contributed by atoms with E-state index in [0.29, 0.717) is 5.92 Å². The topological polar surface area (TPSA) is 16.4 Å². The molecule has 2 nitrogen and oxygen atoms in total. The zero-order valence-corrected chi connectivity index (χ0v) is 37.1. The standard InChI is InChI=1S/C60H57NO/c1-59(2,3)44-36-43(37-45(39-44)60(4,5)6)47-26-10-13-33-54(47)61(46-25-16-24-42(38-46)49-30-19-32-53-51-28-12-15-35-56(51)62-58(49)53)55-34-14-11-27-50(55)52-31-18-23-41-22-17-29-48(57(41)52)40-20-8-7-9-21-40/h10-19,22-40H,7-9,20-21H2,1-6H3. The van der Waals surface area contributed by atoms with Gasteiger partial charge in [0.05, 0.1) is 11.4 Å². The number of furan rings is 1. The molecule has 10 rings (SSSR count). The quantitative estimate of drug-likeness (QED) is 0.159. The van der Waals surface area contributed by atoms with Crippen molar-refractivity contribution in [2.24, 2.45) is 0 Å². The second-order valence-corrected chi connectivity index (χ2v) is 19.6. The van der Waals surface area contributed by atoms with Gasteiger partial charge in [-0.3, -0.25) is 0 Å².